The zero-order valence-electron chi connectivity index (χ0n) is 10.2. The fourth-order valence-corrected chi connectivity index (χ4v) is 1.81. The molecule has 0 bridgehead atoms. The molecule has 1 aromatic rings. The van der Waals surface area contributed by atoms with Gasteiger partial charge in [0.05, 0.1) is 0 Å². The molecule has 3 heteroatoms. The number of carbonyl (C=O) groups excluding carboxylic acids is 1. The van der Waals surface area contributed by atoms with Crippen molar-refractivity contribution in [2.75, 3.05) is 12.8 Å². The van der Waals surface area contributed by atoms with E-state index in [1.54, 1.807) is 6.92 Å². The monoisotopic (exact) mass is 247 g/mol. The lowest BCUT2D eigenvalue weighted by Crippen LogP contribution is -2.04. The molecule has 1 aromatic carbocycles. The van der Waals surface area contributed by atoms with Gasteiger partial charge < -0.3 is 5.32 Å². The third kappa shape index (κ3) is 6.15. The summed E-state index contributed by atoms with van der Waals surface area (Å²) in [6.45, 7) is 2.46. The molecule has 0 aliphatic rings. The van der Waals surface area contributed by atoms with E-state index in [1.807, 2.05) is 19.2 Å². The van der Waals surface area contributed by atoms with Gasteiger partial charge in [-0.05, 0) is 24.7 Å². The van der Waals surface area contributed by atoms with Crippen LogP contribution in [0, 0.1) is 11.8 Å². The van der Waals surface area contributed by atoms with E-state index in [0.717, 1.165) is 24.3 Å². The SMILES string of the molecule is CNCc1ccc(C#CCCSC(C)=O)cc1. The summed E-state index contributed by atoms with van der Waals surface area (Å²) in [4.78, 5) is 10.7. The molecule has 2 nitrogen and oxygen atoms in total. The van der Waals surface area contributed by atoms with Gasteiger partial charge in [0.15, 0.2) is 5.12 Å². The highest BCUT2D eigenvalue weighted by molar-refractivity contribution is 8.13. The summed E-state index contributed by atoms with van der Waals surface area (Å²) in [6, 6.07) is 8.20. The quantitative estimate of drug-likeness (QED) is 0.654. The van der Waals surface area contributed by atoms with E-state index in [0.29, 0.717) is 0 Å². The van der Waals surface area contributed by atoms with Crippen LogP contribution < -0.4 is 5.32 Å². The van der Waals surface area contributed by atoms with Crippen LogP contribution in [-0.2, 0) is 11.3 Å². The molecule has 0 aliphatic carbocycles. The second-order valence-corrected chi connectivity index (χ2v) is 4.89. The summed E-state index contributed by atoms with van der Waals surface area (Å²) in [5, 5.41) is 3.26. The highest BCUT2D eigenvalue weighted by Gasteiger charge is 1.92. The Kier molecular flexibility index (Phi) is 6.46. The lowest BCUT2D eigenvalue weighted by Gasteiger charge is -1.98. The maximum absolute atomic E-state index is 10.7. The predicted octanol–water partition coefficient (Wildman–Crippen LogP) is 2.43. The van der Waals surface area contributed by atoms with E-state index in [2.05, 4.69) is 29.3 Å². The fourth-order valence-electron chi connectivity index (χ4n) is 1.32. The van der Waals surface area contributed by atoms with Crippen LogP contribution in [0.4, 0.5) is 0 Å². The summed E-state index contributed by atoms with van der Waals surface area (Å²) < 4.78 is 0. The molecule has 1 N–H and O–H groups in total. The Morgan fingerprint density at radius 2 is 2.06 bits per heavy atom. The lowest BCUT2D eigenvalue weighted by molar-refractivity contribution is -0.109. The van der Waals surface area contributed by atoms with Gasteiger partial charge in [0, 0.05) is 31.2 Å². The van der Waals surface area contributed by atoms with Gasteiger partial charge in [0.25, 0.3) is 0 Å². The van der Waals surface area contributed by atoms with E-state index in [-0.39, 0.29) is 5.12 Å². The van der Waals surface area contributed by atoms with Crippen molar-refractivity contribution in [2.24, 2.45) is 0 Å². The molecule has 17 heavy (non-hydrogen) atoms. The van der Waals surface area contributed by atoms with Crippen LogP contribution in [0.5, 0.6) is 0 Å². The Morgan fingerprint density at radius 3 is 2.65 bits per heavy atom. The van der Waals surface area contributed by atoms with Gasteiger partial charge >= 0.3 is 0 Å². The van der Waals surface area contributed by atoms with Crippen molar-refractivity contribution in [1.29, 1.82) is 0 Å². The van der Waals surface area contributed by atoms with Gasteiger partial charge in [0.2, 0.25) is 0 Å². The van der Waals surface area contributed by atoms with Gasteiger partial charge in [-0.1, -0.05) is 35.7 Å². The second kappa shape index (κ2) is 7.94. The van der Waals surface area contributed by atoms with Crippen molar-refractivity contribution in [3.63, 3.8) is 0 Å². The highest BCUT2D eigenvalue weighted by Crippen LogP contribution is 2.04. The molecule has 0 aromatic heterocycles. The van der Waals surface area contributed by atoms with E-state index in [4.69, 9.17) is 0 Å². The average Bonchev–Trinajstić information content (AvgIpc) is 2.31. The van der Waals surface area contributed by atoms with Crippen LogP contribution in [0.1, 0.15) is 24.5 Å². The molecule has 0 fully saturated rings. The first-order valence-electron chi connectivity index (χ1n) is 5.58. The number of benzene rings is 1. The number of hydrogen-bond acceptors (Lipinski definition) is 3. The number of carbonyl (C=O) groups is 1. The molecule has 1 rings (SSSR count). The Bertz CT molecular complexity index is 414. The van der Waals surface area contributed by atoms with Crippen LogP contribution in [0.15, 0.2) is 24.3 Å². The molecule has 0 unspecified atom stereocenters. The van der Waals surface area contributed by atoms with Crippen molar-refractivity contribution in [3.8, 4) is 11.8 Å². The molecule has 0 spiro atoms. The maximum atomic E-state index is 10.7. The predicted molar refractivity (Wildman–Crippen MR) is 73.8 cm³/mol. The summed E-state index contributed by atoms with van der Waals surface area (Å²) in [5.74, 6) is 6.94. The van der Waals surface area contributed by atoms with Crippen LogP contribution in [0.3, 0.4) is 0 Å². The smallest absolute Gasteiger partial charge is 0.185 e. The third-order valence-electron chi connectivity index (χ3n) is 2.10. The standard InChI is InChI=1S/C14H17NOS/c1-12(16)17-10-4-3-5-13-6-8-14(9-7-13)11-15-2/h6-9,15H,4,10-11H2,1-2H3. The Labute approximate surface area is 107 Å². The Hall–Kier alpha value is -1.24. The molecule has 0 heterocycles. The van der Waals surface area contributed by atoms with Crippen molar-refractivity contribution in [1.82, 2.24) is 5.32 Å². The van der Waals surface area contributed by atoms with Gasteiger partial charge in [-0.3, -0.25) is 4.79 Å². The zero-order chi connectivity index (χ0) is 12.5. The number of nitrogens with one attached hydrogen (secondary N) is 1. The van der Waals surface area contributed by atoms with Crippen molar-refractivity contribution < 1.29 is 4.79 Å². The molecule has 0 radical (unpaired) electrons. The second-order valence-electron chi connectivity index (χ2n) is 3.62. The van der Waals surface area contributed by atoms with Gasteiger partial charge in [-0.25, -0.2) is 0 Å². The minimum atomic E-state index is 0.156. The average molecular weight is 247 g/mol. The highest BCUT2D eigenvalue weighted by atomic mass is 32.2. The van der Waals surface area contributed by atoms with E-state index in [9.17, 15) is 4.79 Å². The van der Waals surface area contributed by atoms with Crippen LogP contribution >= 0.6 is 11.8 Å². The number of hydrogen-bond donors (Lipinski definition) is 1. The van der Waals surface area contributed by atoms with Crippen LogP contribution in [0.2, 0.25) is 0 Å². The normalized spacial score (nSPS) is 9.53. The zero-order valence-corrected chi connectivity index (χ0v) is 11.1. The summed E-state index contributed by atoms with van der Waals surface area (Å²) in [7, 11) is 1.93. The Morgan fingerprint density at radius 1 is 1.35 bits per heavy atom. The third-order valence-corrected chi connectivity index (χ3v) is 2.91. The largest absolute Gasteiger partial charge is 0.316 e. The van der Waals surface area contributed by atoms with Crippen molar-refractivity contribution >= 4 is 16.9 Å². The summed E-state index contributed by atoms with van der Waals surface area (Å²) >= 11 is 1.33. The first-order valence-corrected chi connectivity index (χ1v) is 6.56. The van der Waals surface area contributed by atoms with Crippen molar-refractivity contribution in [3.05, 3.63) is 35.4 Å². The van der Waals surface area contributed by atoms with Crippen LogP contribution in [0.25, 0.3) is 0 Å². The van der Waals surface area contributed by atoms with Crippen molar-refractivity contribution in [2.45, 2.75) is 19.9 Å². The molecule has 0 aliphatic heterocycles. The molecular weight excluding hydrogens is 230 g/mol. The number of thioether (sulfide) groups is 1. The van der Waals surface area contributed by atoms with Crippen LogP contribution in [-0.4, -0.2) is 17.9 Å². The van der Waals surface area contributed by atoms with E-state index in [1.165, 1.54) is 17.3 Å². The van der Waals surface area contributed by atoms with E-state index < -0.39 is 0 Å². The molecule has 0 saturated carbocycles. The minimum absolute atomic E-state index is 0.156. The van der Waals surface area contributed by atoms with Gasteiger partial charge in [-0.2, -0.15) is 0 Å². The topological polar surface area (TPSA) is 29.1 Å². The van der Waals surface area contributed by atoms with Gasteiger partial charge in [0.1, 0.15) is 0 Å². The Balaban J connectivity index is 2.40. The number of rotatable bonds is 4. The summed E-state index contributed by atoms with van der Waals surface area (Å²) in [5.41, 5.74) is 2.28. The molecular formula is C14H17NOS. The minimum Gasteiger partial charge on any atom is -0.316 e. The molecule has 0 saturated heterocycles. The lowest BCUT2D eigenvalue weighted by atomic mass is 10.1. The molecule has 0 amide bonds. The van der Waals surface area contributed by atoms with E-state index >= 15 is 0 Å². The molecule has 0 atom stereocenters. The maximum Gasteiger partial charge on any atom is 0.185 e. The first-order chi connectivity index (χ1) is 8.22. The van der Waals surface area contributed by atoms with Gasteiger partial charge in [-0.15, -0.1) is 0 Å². The molecule has 90 valence electrons. The first kappa shape index (κ1) is 13.8. The summed E-state index contributed by atoms with van der Waals surface area (Å²) in [6.07, 6.45) is 0.752. The fraction of sp³-hybridized carbons (Fsp3) is 0.357.